The quantitative estimate of drug-likeness (QED) is 0.585. The Morgan fingerprint density at radius 1 is 1.67 bits per heavy atom. The predicted octanol–water partition coefficient (Wildman–Crippen LogP) is 1.73. The van der Waals surface area contributed by atoms with E-state index in [4.69, 9.17) is 4.74 Å². The van der Waals surface area contributed by atoms with Crippen molar-refractivity contribution < 1.29 is 4.74 Å². The Hall–Kier alpha value is 0.310. The fourth-order valence-corrected chi connectivity index (χ4v) is 1.87. The normalized spacial score (nSPS) is 28.3. The van der Waals surface area contributed by atoms with E-state index in [2.05, 4.69) is 6.92 Å². The van der Waals surface area contributed by atoms with E-state index in [9.17, 15) is 0 Å². The van der Waals surface area contributed by atoms with E-state index in [0.29, 0.717) is 0 Å². The second-order valence-electron chi connectivity index (χ2n) is 2.21. The minimum absolute atomic E-state index is 0.733. The van der Waals surface area contributed by atoms with Gasteiger partial charge in [0.1, 0.15) is 0 Å². The minimum atomic E-state index is 0.733. The Bertz CT molecular complexity index is 66.6. The zero-order valence-corrected chi connectivity index (χ0v) is 6.45. The molecule has 1 aliphatic rings. The fraction of sp³-hybridized carbons (Fsp3) is 0.857. The molecular formula is C7H13OS. The lowest BCUT2D eigenvalue weighted by Crippen LogP contribution is -2.19. The van der Waals surface area contributed by atoms with Gasteiger partial charge in [-0.3, -0.25) is 0 Å². The van der Waals surface area contributed by atoms with Gasteiger partial charge >= 0.3 is 0 Å². The van der Waals surface area contributed by atoms with Crippen molar-refractivity contribution >= 4 is 11.8 Å². The number of hydrogen-bond acceptors (Lipinski definition) is 2. The Morgan fingerprint density at radius 2 is 2.56 bits per heavy atom. The standard InChI is InChI=1S/C7H13OS/c1-2-9-7-4-3-5-8-6-7/h7H,1-6H2. The lowest BCUT2D eigenvalue weighted by Gasteiger charge is -2.20. The average molecular weight is 145 g/mol. The molecule has 0 aromatic heterocycles. The van der Waals surface area contributed by atoms with Gasteiger partial charge in [-0.05, 0) is 25.5 Å². The van der Waals surface area contributed by atoms with Crippen molar-refractivity contribution in [1.82, 2.24) is 0 Å². The van der Waals surface area contributed by atoms with Crippen molar-refractivity contribution in [3.8, 4) is 0 Å². The summed E-state index contributed by atoms with van der Waals surface area (Å²) in [5.41, 5.74) is 0. The molecule has 2 heteroatoms. The van der Waals surface area contributed by atoms with Crippen molar-refractivity contribution in [2.75, 3.05) is 19.0 Å². The maximum atomic E-state index is 5.29. The van der Waals surface area contributed by atoms with Gasteiger partial charge in [0.2, 0.25) is 0 Å². The van der Waals surface area contributed by atoms with E-state index in [1.54, 1.807) is 0 Å². The molecule has 0 saturated carbocycles. The number of thioether (sulfide) groups is 1. The van der Waals surface area contributed by atoms with Gasteiger partial charge in [0.25, 0.3) is 0 Å². The summed E-state index contributed by atoms with van der Waals surface area (Å²) < 4.78 is 5.29. The number of rotatable bonds is 2. The molecule has 1 aliphatic heterocycles. The minimum Gasteiger partial charge on any atom is -0.380 e. The molecule has 1 unspecified atom stereocenters. The largest absolute Gasteiger partial charge is 0.380 e. The summed E-state index contributed by atoms with van der Waals surface area (Å²) in [5, 5.41) is 0.733. The summed E-state index contributed by atoms with van der Waals surface area (Å²) in [6.45, 7) is 5.70. The van der Waals surface area contributed by atoms with Crippen LogP contribution >= 0.6 is 11.8 Å². The van der Waals surface area contributed by atoms with Gasteiger partial charge in [-0.15, -0.1) is 0 Å². The van der Waals surface area contributed by atoms with E-state index in [-0.39, 0.29) is 0 Å². The van der Waals surface area contributed by atoms with Crippen LogP contribution < -0.4 is 0 Å². The van der Waals surface area contributed by atoms with Crippen molar-refractivity contribution in [3.05, 3.63) is 6.92 Å². The Kier molecular flexibility index (Phi) is 3.44. The molecule has 1 heterocycles. The SMILES string of the molecule is [CH2]CSC1CCCOC1. The molecule has 0 aliphatic carbocycles. The molecule has 0 aromatic carbocycles. The van der Waals surface area contributed by atoms with Crippen LogP contribution in [0.1, 0.15) is 12.8 Å². The topological polar surface area (TPSA) is 9.23 Å². The molecule has 1 saturated heterocycles. The highest BCUT2D eigenvalue weighted by atomic mass is 32.2. The first-order valence-electron chi connectivity index (χ1n) is 3.42. The molecule has 1 fully saturated rings. The molecule has 1 rings (SSSR count). The first-order chi connectivity index (χ1) is 4.43. The van der Waals surface area contributed by atoms with Crippen LogP contribution in [0.5, 0.6) is 0 Å². The lowest BCUT2D eigenvalue weighted by molar-refractivity contribution is 0.101. The van der Waals surface area contributed by atoms with Crippen LogP contribution in [-0.4, -0.2) is 24.2 Å². The highest BCUT2D eigenvalue weighted by Gasteiger charge is 2.12. The third-order valence-electron chi connectivity index (χ3n) is 1.47. The van der Waals surface area contributed by atoms with E-state index in [1.165, 1.54) is 12.8 Å². The zero-order chi connectivity index (χ0) is 6.53. The van der Waals surface area contributed by atoms with Gasteiger partial charge in [-0.25, -0.2) is 0 Å². The van der Waals surface area contributed by atoms with Gasteiger partial charge in [-0.2, -0.15) is 11.8 Å². The molecule has 53 valence electrons. The van der Waals surface area contributed by atoms with Crippen LogP contribution in [0.3, 0.4) is 0 Å². The summed E-state index contributed by atoms with van der Waals surface area (Å²) in [6, 6.07) is 0. The van der Waals surface area contributed by atoms with Crippen molar-refractivity contribution in [3.63, 3.8) is 0 Å². The molecule has 1 atom stereocenters. The first kappa shape index (κ1) is 7.42. The third-order valence-corrected chi connectivity index (χ3v) is 2.55. The second-order valence-corrected chi connectivity index (χ2v) is 3.62. The Balaban J connectivity index is 2.08. The van der Waals surface area contributed by atoms with Crippen LogP contribution in [0, 0.1) is 6.92 Å². The van der Waals surface area contributed by atoms with E-state index >= 15 is 0 Å². The average Bonchev–Trinajstić information content (AvgIpc) is 1.91. The van der Waals surface area contributed by atoms with Crippen molar-refractivity contribution in [2.45, 2.75) is 18.1 Å². The molecule has 0 amide bonds. The predicted molar refractivity (Wildman–Crippen MR) is 41.7 cm³/mol. The van der Waals surface area contributed by atoms with Crippen LogP contribution in [0.25, 0.3) is 0 Å². The highest BCUT2D eigenvalue weighted by molar-refractivity contribution is 8.00. The van der Waals surface area contributed by atoms with Crippen LogP contribution in [0.2, 0.25) is 0 Å². The maximum absolute atomic E-state index is 5.29. The Morgan fingerprint density at radius 3 is 3.11 bits per heavy atom. The second kappa shape index (κ2) is 4.18. The van der Waals surface area contributed by atoms with E-state index in [0.717, 1.165) is 24.2 Å². The third kappa shape index (κ3) is 2.59. The molecule has 0 N–H and O–H groups in total. The fourth-order valence-electron chi connectivity index (χ4n) is 1.01. The maximum Gasteiger partial charge on any atom is 0.0585 e. The van der Waals surface area contributed by atoms with Crippen LogP contribution in [0.4, 0.5) is 0 Å². The summed E-state index contributed by atoms with van der Waals surface area (Å²) in [6.07, 6.45) is 2.55. The first-order valence-corrected chi connectivity index (χ1v) is 4.47. The van der Waals surface area contributed by atoms with Gasteiger partial charge in [0.15, 0.2) is 0 Å². The molecule has 1 nitrogen and oxygen atoms in total. The van der Waals surface area contributed by atoms with E-state index < -0.39 is 0 Å². The smallest absolute Gasteiger partial charge is 0.0585 e. The summed E-state index contributed by atoms with van der Waals surface area (Å²) in [4.78, 5) is 0. The zero-order valence-electron chi connectivity index (χ0n) is 5.64. The summed E-state index contributed by atoms with van der Waals surface area (Å²) in [5.74, 6) is 0.980. The highest BCUT2D eigenvalue weighted by Crippen LogP contribution is 2.19. The van der Waals surface area contributed by atoms with Crippen molar-refractivity contribution in [2.24, 2.45) is 0 Å². The number of ether oxygens (including phenoxy) is 1. The molecule has 0 spiro atoms. The molecule has 9 heavy (non-hydrogen) atoms. The van der Waals surface area contributed by atoms with Gasteiger partial charge < -0.3 is 4.74 Å². The molecule has 0 aromatic rings. The summed E-state index contributed by atoms with van der Waals surface area (Å²) >= 11 is 1.92. The van der Waals surface area contributed by atoms with Crippen LogP contribution in [0.15, 0.2) is 0 Å². The van der Waals surface area contributed by atoms with Gasteiger partial charge in [-0.1, -0.05) is 0 Å². The molecule has 1 radical (unpaired) electrons. The van der Waals surface area contributed by atoms with Crippen LogP contribution in [-0.2, 0) is 4.74 Å². The molecule has 0 bridgehead atoms. The summed E-state index contributed by atoms with van der Waals surface area (Å²) in [7, 11) is 0. The van der Waals surface area contributed by atoms with Gasteiger partial charge in [0, 0.05) is 11.9 Å². The van der Waals surface area contributed by atoms with Crippen molar-refractivity contribution in [1.29, 1.82) is 0 Å². The monoisotopic (exact) mass is 145 g/mol. The number of hydrogen-bond donors (Lipinski definition) is 0. The van der Waals surface area contributed by atoms with E-state index in [1.807, 2.05) is 11.8 Å². The molecular weight excluding hydrogens is 132 g/mol. The lowest BCUT2D eigenvalue weighted by atomic mass is 10.2. The Labute approximate surface area is 61.2 Å². The van der Waals surface area contributed by atoms with Gasteiger partial charge in [0.05, 0.1) is 6.61 Å².